The number of nitrogens with zero attached hydrogens (tertiary/aromatic N) is 1. The van der Waals surface area contributed by atoms with Gasteiger partial charge in [0.25, 0.3) is 0 Å². The van der Waals surface area contributed by atoms with Crippen LogP contribution in [0.25, 0.3) is 0 Å². The lowest BCUT2D eigenvalue weighted by atomic mass is 9.73. The van der Waals surface area contributed by atoms with Crippen LogP contribution in [0.15, 0.2) is 0 Å². The predicted molar refractivity (Wildman–Crippen MR) is 88.0 cm³/mol. The van der Waals surface area contributed by atoms with Crippen molar-refractivity contribution in [3.05, 3.63) is 0 Å². The molecular weight excluding hydrogens is 244 g/mol. The second-order valence-electron chi connectivity index (χ2n) is 7.44. The summed E-state index contributed by atoms with van der Waals surface area (Å²) in [5.74, 6) is 2.70. The Bertz CT molecular complexity index is 277. The van der Waals surface area contributed by atoms with Gasteiger partial charge in [0.2, 0.25) is 0 Å². The molecule has 4 unspecified atom stereocenters. The van der Waals surface area contributed by atoms with Gasteiger partial charge in [-0.25, -0.2) is 0 Å². The first-order valence-corrected chi connectivity index (χ1v) is 9.13. The van der Waals surface area contributed by atoms with Crippen molar-refractivity contribution in [1.82, 2.24) is 10.2 Å². The van der Waals surface area contributed by atoms with E-state index in [1.807, 2.05) is 0 Å². The lowest BCUT2D eigenvalue weighted by Gasteiger charge is -2.41. The van der Waals surface area contributed by atoms with E-state index in [1.165, 1.54) is 51.6 Å². The first kappa shape index (κ1) is 16.3. The lowest BCUT2D eigenvalue weighted by Crippen LogP contribution is -2.47. The number of nitrogens with one attached hydrogen (secondary N) is 1. The molecule has 2 rings (SSSR count). The van der Waals surface area contributed by atoms with E-state index >= 15 is 0 Å². The largest absolute Gasteiger partial charge is 0.314 e. The molecule has 0 amide bonds. The maximum absolute atomic E-state index is 3.77. The Labute approximate surface area is 126 Å². The highest BCUT2D eigenvalue weighted by molar-refractivity contribution is 4.89. The van der Waals surface area contributed by atoms with Crippen LogP contribution in [0.3, 0.4) is 0 Å². The van der Waals surface area contributed by atoms with Crippen LogP contribution in [-0.4, -0.2) is 36.6 Å². The molecule has 4 atom stereocenters. The average Bonchev–Trinajstić information content (AvgIpc) is 2.88. The van der Waals surface area contributed by atoms with Crippen molar-refractivity contribution in [3.63, 3.8) is 0 Å². The summed E-state index contributed by atoms with van der Waals surface area (Å²) < 4.78 is 0. The van der Waals surface area contributed by atoms with E-state index in [0.29, 0.717) is 0 Å². The third-order valence-electron chi connectivity index (χ3n) is 5.87. The van der Waals surface area contributed by atoms with E-state index < -0.39 is 0 Å². The molecule has 1 aliphatic heterocycles. The first-order chi connectivity index (χ1) is 9.65. The fraction of sp³-hybridized carbons (Fsp3) is 1.00. The standard InChI is InChI=1S/C18H36N2/c1-5-17-8-7-11-20(17)13-16-12-15(14(3)4)9-10-18(16)19-6-2/h14-19H,5-13H2,1-4H3. The van der Waals surface area contributed by atoms with Crippen molar-refractivity contribution >= 4 is 0 Å². The summed E-state index contributed by atoms with van der Waals surface area (Å²) in [5, 5.41) is 3.77. The number of hydrogen-bond acceptors (Lipinski definition) is 2. The van der Waals surface area contributed by atoms with E-state index in [9.17, 15) is 0 Å². The van der Waals surface area contributed by atoms with Crippen molar-refractivity contribution in [3.8, 4) is 0 Å². The van der Waals surface area contributed by atoms with Gasteiger partial charge in [0.15, 0.2) is 0 Å². The van der Waals surface area contributed by atoms with Crippen LogP contribution >= 0.6 is 0 Å². The third kappa shape index (κ3) is 3.98. The Balaban J connectivity index is 1.95. The van der Waals surface area contributed by atoms with Crippen LogP contribution in [0.5, 0.6) is 0 Å². The van der Waals surface area contributed by atoms with Gasteiger partial charge in [-0.3, -0.25) is 0 Å². The molecule has 2 fully saturated rings. The SMILES string of the molecule is CCNC1CCC(C(C)C)CC1CN1CCCC1CC. The van der Waals surface area contributed by atoms with E-state index in [-0.39, 0.29) is 0 Å². The molecule has 1 saturated heterocycles. The van der Waals surface area contributed by atoms with Gasteiger partial charge < -0.3 is 10.2 Å². The van der Waals surface area contributed by atoms with Gasteiger partial charge in [-0.05, 0) is 69.4 Å². The van der Waals surface area contributed by atoms with Gasteiger partial charge in [0.1, 0.15) is 0 Å². The number of likely N-dealkylation sites (tertiary alicyclic amines) is 1. The van der Waals surface area contributed by atoms with Crippen LogP contribution in [0.2, 0.25) is 0 Å². The number of rotatable bonds is 6. The lowest BCUT2D eigenvalue weighted by molar-refractivity contribution is 0.115. The summed E-state index contributed by atoms with van der Waals surface area (Å²) in [6.45, 7) is 13.3. The summed E-state index contributed by atoms with van der Waals surface area (Å²) in [6.07, 6.45) is 8.47. The van der Waals surface area contributed by atoms with Gasteiger partial charge >= 0.3 is 0 Å². The summed E-state index contributed by atoms with van der Waals surface area (Å²) >= 11 is 0. The minimum absolute atomic E-state index is 0.771. The van der Waals surface area contributed by atoms with Crippen molar-refractivity contribution < 1.29 is 0 Å². The van der Waals surface area contributed by atoms with Crippen molar-refractivity contribution in [2.24, 2.45) is 17.8 Å². The fourth-order valence-electron chi connectivity index (χ4n) is 4.54. The maximum atomic E-state index is 3.77. The Morgan fingerprint density at radius 1 is 1.15 bits per heavy atom. The molecule has 0 aromatic carbocycles. The first-order valence-electron chi connectivity index (χ1n) is 9.13. The second-order valence-corrected chi connectivity index (χ2v) is 7.44. The highest BCUT2D eigenvalue weighted by atomic mass is 15.2. The zero-order valence-corrected chi connectivity index (χ0v) is 14.2. The molecule has 2 heteroatoms. The van der Waals surface area contributed by atoms with E-state index in [4.69, 9.17) is 0 Å². The molecule has 1 N–H and O–H groups in total. The van der Waals surface area contributed by atoms with Crippen LogP contribution in [0, 0.1) is 17.8 Å². The average molecular weight is 280 g/mol. The molecule has 1 heterocycles. The van der Waals surface area contributed by atoms with Crippen molar-refractivity contribution in [2.75, 3.05) is 19.6 Å². The van der Waals surface area contributed by atoms with Gasteiger partial charge in [0.05, 0.1) is 0 Å². The molecule has 0 aromatic rings. The topological polar surface area (TPSA) is 15.3 Å². The molecule has 118 valence electrons. The zero-order valence-electron chi connectivity index (χ0n) is 14.2. The molecule has 0 spiro atoms. The molecule has 0 aromatic heterocycles. The molecule has 0 radical (unpaired) electrons. The highest BCUT2D eigenvalue weighted by Gasteiger charge is 2.34. The van der Waals surface area contributed by atoms with Gasteiger partial charge in [-0.1, -0.05) is 27.7 Å². The van der Waals surface area contributed by atoms with Crippen LogP contribution in [-0.2, 0) is 0 Å². The second kappa shape index (κ2) is 7.79. The Morgan fingerprint density at radius 2 is 1.95 bits per heavy atom. The normalized spacial score (nSPS) is 35.9. The van der Waals surface area contributed by atoms with Crippen molar-refractivity contribution in [1.29, 1.82) is 0 Å². The molecular formula is C18H36N2. The minimum Gasteiger partial charge on any atom is -0.314 e. The molecule has 1 aliphatic carbocycles. The molecule has 0 bridgehead atoms. The molecule has 20 heavy (non-hydrogen) atoms. The smallest absolute Gasteiger partial charge is 0.0108 e. The Morgan fingerprint density at radius 3 is 2.60 bits per heavy atom. The Kier molecular flexibility index (Phi) is 6.35. The molecule has 1 saturated carbocycles. The Hall–Kier alpha value is -0.0800. The summed E-state index contributed by atoms with van der Waals surface area (Å²) in [7, 11) is 0. The van der Waals surface area contributed by atoms with Crippen molar-refractivity contribution in [2.45, 2.75) is 78.3 Å². The summed E-state index contributed by atoms with van der Waals surface area (Å²) in [5.41, 5.74) is 0. The predicted octanol–water partition coefficient (Wildman–Crippen LogP) is 3.91. The van der Waals surface area contributed by atoms with E-state index in [0.717, 1.165) is 36.4 Å². The van der Waals surface area contributed by atoms with Gasteiger partial charge in [0, 0.05) is 18.6 Å². The number of hydrogen-bond donors (Lipinski definition) is 1. The molecule has 2 nitrogen and oxygen atoms in total. The zero-order chi connectivity index (χ0) is 14.5. The summed E-state index contributed by atoms with van der Waals surface area (Å²) in [4.78, 5) is 2.80. The molecule has 2 aliphatic rings. The maximum Gasteiger partial charge on any atom is 0.0108 e. The monoisotopic (exact) mass is 280 g/mol. The summed E-state index contributed by atoms with van der Waals surface area (Å²) in [6, 6.07) is 1.64. The van der Waals surface area contributed by atoms with E-state index in [2.05, 4.69) is 37.9 Å². The van der Waals surface area contributed by atoms with E-state index in [1.54, 1.807) is 0 Å². The van der Waals surface area contributed by atoms with Gasteiger partial charge in [-0.2, -0.15) is 0 Å². The van der Waals surface area contributed by atoms with Crippen LogP contribution < -0.4 is 5.32 Å². The van der Waals surface area contributed by atoms with Gasteiger partial charge in [-0.15, -0.1) is 0 Å². The highest BCUT2D eigenvalue weighted by Crippen LogP contribution is 2.35. The van der Waals surface area contributed by atoms with Crippen LogP contribution in [0.4, 0.5) is 0 Å². The van der Waals surface area contributed by atoms with Crippen LogP contribution in [0.1, 0.15) is 66.2 Å². The third-order valence-corrected chi connectivity index (χ3v) is 5.87. The minimum atomic E-state index is 0.771. The fourth-order valence-corrected chi connectivity index (χ4v) is 4.54. The quantitative estimate of drug-likeness (QED) is 0.793.